The summed E-state index contributed by atoms with van der Waals surface area (Å²) in [4.78, 5) is 2.33. The van der Waals surface area contributed by atoms with Crippen LogP contribution in [0.2, 0.25) is 0 Å². The number of likely N-dealkylation sites (tertiary alicyclic amines) is 1. The van der Waals surface area contributed by atoms with Gasteiger partial charge in [-0.3, -0.25) is 0 Å². The molecule has 0 N–H and O–H groups in total. The van der Waals surface area contributed by atoms with Gasteiger partial charge in [0.25, 0.3) is 0 Å². The minimum Gasteiger partial charge on any atom is -0.342 e. The van der Waals surface area contributed by atoms with Crippen LogP contribution in [0.25, 0.3) is 0 Å². The van der Waals surface area contributed by atoms with Gasteiger partial charge in [0.15, 0.2) is 0 Å². The van der Waals surface area contributed by atoms with Gasteiger partial charge in [0.2, 0.25) is 0 Å². The molecule has 0 spiro atoms. The Bertz CT molecular complexity index is 95.3. The van der Waals surface area contributed by atoms with E-state index in [1.165, 1.54) is 12.8 Å². The molecule has 1 saturated heterocycles. The van der Waals surface area contributed by atoms with Crippen LogP contribution in [0.4, 0.5) is 0 Å². The minimum absolute atomic E-state index is 0. The van der Waals surface area contributed by atoms with Crippen LogP contribution in [-0.4, -0.2) is 24.0 Å². The van der Waals surface area contributed by atoms with Crippen LogP contribution in [0.1, 0.15) is 19.3 Å². The summed E-state index contributed by atoms with van der Waals surface area (Å²) in [5.74, 6) is 0. The van der Waals surface area contributed by atoms with Crippen LogP contribution in [0.5, 0.6) is 0 Å². The van der Waals surface area contributed by atoms with E-state index in [0.29, 0.717) is 12.1 Å². The van der Waals surface area contributed by atoms with E-state index in [1.807, 2.05) is 0 Å². The van der Waals surface area contributed by atoms with Crippen molar-refractivity contribution in [3.05, 3.63) is 13.8 Å². The first-order chi connectivity index (χ1) is 4.25. The number of hydrogen-bond acceptors (Lipinski definition) is 1. The van der Waals surface area contributed by atoms with E-state index in [9.17, 15) is 0 Å². The summed E-state index contributed by atoms with van der Waals surface area (Å²) >= 11 is 0. The molecule has 0 bridgehead atoms. The summed E-state index contributed by atoms with van der Waals surface area (Å²) in [7, 11) is 2.14. The predicted molar refractivity (Wildman–Crippen MR) is 39.9 cm³/mol. The van der Waals surface area contributed by atoms with Crippen molar-refractivity contribution in [2.45, 2.75) is 31.3 Å². The molecular weight excluding hydrogens is 199 g/mol. The average molecular weight is 214 g/mol. The number of rotatable bonds is 1. The summed E-state index contributed by atoms with van der Waals surface area (Å²) in [6.45, 7) is 7.90. The molecule has 2 unspecified atom stereocenters. The third kappa shape index (κ3) is 2.28. The first-order valence-corrected chi connectivity index (χ1v) is 3.60. The van der Waals surface area contributed by atoms with Crippen LogP contribution in [0.15, 0.2) is 0 Å². The van der Waals surface area contributed by atoms with E-state index >= 15 is 0 Å². The van der Waals surface area contributed by atoms with Gasteiger partial charge in [-0.05, 0) is 19.5 Å². The first-order valence-electron chi connectivity index (χ1n) is 3.60. The fraction of sp³-hybridized carbons (Fsp3) is 0.750. The summed E-state index contributed by atoms with van der Waals surface area (Å²) in [5.41, 5.74) is 0. The third-order valence-corrected chi connectivity index (χ3v) is 2.32. The molecule has 1 heterocycles. The third-order valence-electron chi connectivity index (χ3n) is 2.32. The Morgan fingerprint density at radius 2 is 2.10 bits per heavy atom. The smallest absolute Gasteiger partial charge is 0 e. The Morgan fingerprint density at radius 1 is 1.50 bits per heavy atom. The van der Waals surface area contributed by atoms with Crippen LogP contribution >= 0.6 is 0 Å². The molecule has 0 aromatic carbocycles. The standard InChI is InChI=1S/C8H15N.Y/c1-4-8-6-5-7(2)9(8)3;/h7-8H,1-2,4-6H2,3H3;/q-2;. The van der Waals surface area contributed by atoms with Crippen LogP contribution in [0.3, 0.4) is 0 Å². The summed E-state index contributed by atoms with van der Waals surface area (Å²) in [6.07, 6.45) is 3.56. The van der Waals surface area contributed by atoms with Gasteiger partial charge < -0.3 is 18.7 Å². The van der Waals surface area contributed by atoms with Gasteiger partial charge >= 0.3 is 0 Å². The molecule has 0 aliphatic carbocycles. The van der Waals surface area contributed by atoms with E-state index in [0.717, 1.165) is 6.42 Å². The van der Waals surface area contributed by atoms with Gasteiger partial charge in [-0.15, -0.1) is 6.04 Å². The summed E-state index contributed by atoms with van der Waals surface area (Å²) in [6, 6.07) is 1.24. The molecule has 10 heavy (non-hydrogen) atoms. The monoisotopic (exact) mass is 214 g/mol. The molecule has 1 nitrogen and oxygen atoms in total. The van der Waals surface area contributed by atoms with Crippen molar-refractivity contribution in [1.29, 1.82) is 0 Å². The fourth-order valence-electron chi connectivity index (χ4n) is 1.44. The topological polar surface area (TPSA) is 3.24 Å². The fourth-order valence-corrected chi connectivity index (χ4v) is 1.44. The molecule has 1 aliphatic heterocycles. The van der Waals surface area contributed by atoms with Gasteiger partial charge in [-0.1, -0.05) is 6.42 Å². The first kappa shape index (κ1) is 11.1. The van der Waals surface area contributed by atoms with Gasteiger partial charge in [0.1, 0.15) is 0 Å². The number of hydrogen-bond donors (Lipinski definition) is 0. The Hall–Kier alpha value is 1.06. The largest absolute Gasteiger partial charge is 0.342 e. The van der Waals surface area contributed by atoms with Crippen molar-refractivity contribution in [2.24, 2.45) is 0 Å². The zero-order chi connectivity index (χ0) is 6.85. The molecule has 1 fully saturated rings. The van der Waals surface area contributed by atoms with Crippen molar-refractivity contribution < 1.29 is 32.7 Å². The van der Waals surface area contributed by atoms with Gasteiger partial charge in [-0.25, -0.2) is 0 Å². The number of nitrogens with zero attached hydrogens (tertiary/aromatic N) is 1. The van der Waals surface area contributed by atoms with Gasteiger partial charge in [0, 0.05) is 32.7 Å². The molecule has 0 aromatic rings. The zero-order valence-corrected chi connectivity index (χ0v) is 9.55. The maximum Gasteiger partial charge on any atom is 0 e. The molecule has 1 aliphatic rings. The van der Waals surface area contributed by atoms with Crippen LogP contribution < -0.4 is 0 Å². The Balaban J connectivity index is 0.000000810. The second kappa shape index (κ2) is 4.84. The van der Waals surface area contributed by atoms with Gasteiger partial charge in [-0.2, -0.15) is 6.42 Å². The molecule has 0 saturated carbocycles. The van der Waals surface area contributed by atoms with Crippen molar-refractivity contribution >= 4 is 0 Å². The predicted octanol–water partition coefficient (Wildman–Crippen LogP) is 1.50. The van der Waals surface area contributed by atoms with Crippen molar-refractivity contribution in [3.8, 4) is 0 Å². The van der Waals surface area contributed by atoms with Crippen LogP contribution in [0, 0.1) is 13.8 Å². The molecule has 2 heteroatoms. The van der Waals surface area contributed by atoms with E-state index < -0.39 is 0 Å². The van der Waals surface area contributed by atoms with Crippen LogP contribution in [-0.2, 0) is 32.7 Å². The van der Waals surface area contributed by atoms with E-state index in [-0.39, 0.29) is 32.7 Å². The van der Waals surface area contributed by atoms with Crippen molar-refractivity contribution in [3.63, 3.8) is 0 Å². The van der Waals surface area contributed by atoms with E-state index in [2.05, 4.69) is 25.8 Å². The molecule has 57 valence electrons. The molecule has 1 rings (SSSR count). The molecule has 2 atom stereocenters. The second-order valence-corrected chi connectivity index (χ2v) is 2.84. The van der Waals surface area contributed by atoms with E-state index in [1.54, 1.807) is 0 Å². The van der Waals surface area contributed by atoms with Crippen molar-refractivity contribution in [1.82, 2.24) is 4.90 Å². The maximum atomic E-state index is 4.01. The summed E-state index contributed by atoms with van der Waals surface area (Å²) in [5, 5.41) is 0. The minimum atomic E-state index is 0. The zero-order valence-electron chi connectivity index (χ0n) is 6.71. The van der Waals surface area contributed by atoms with Gasteiger partial charge in [0.05, 0.1) is 0 Å². The molecular formula is C8H15NY-2. The SMILES string of the molecule is [CH2-]CC1CCC([CH2-])N1C.[Y]. The molecule has 0 amide bonds. The van der Waals surface area contributed by atoms with E-state index in [4.69, 9.17) is 0 Å². The average Bonchev–Trinajstić information content (AvgIpc) is 2.15. The Morgan fingerprint density at radius 3 is 2.30 bits per heavy atom. The quantitative estimate of drug-likeness (QED) is 0.598. The summed E-state index contributed by atoms with van der Waals surface area (Å²) < 4.78 is 0. The maximum absolute atomic E-state index is 4.01. The Labute approximate surface area is 89.4 Å². The second-order valence-electron chi connectivity index (χ2n) is 2.84. The Kier molecular flexibility index (Phi) is 5.36. The molecule has 0 aromatic heterocycles. The normalized spacial score (nSPS) is 33.9. The molecule has 1 radical (unpaired) electrons. The van der Waals surface area contributed by atoms with Crippen molar-refractivity contribution in [2.75, 3.05) is 7.05 Å².